The van der Waals surface area contributed by atoms with Gasteiger partial charge >= 0.3 is 6.01 Å². The second-order valence-corrected chi connectivity index (χ2v) is 8.76. The molecule has 0 atom stereocenters. The van der Waals surface area contributed by atoms with Crippen molar-refractivity contribution in [3.8, 4) is 46.0 Å². The Morgan fingerprint density at radius 3 is 2.33 bits per heavy atom. The third kappa shape index (κ3) is 5.17. The van der Waals surface area contributed by atoms with Crippen LogP contribution in [0.2, 0.25) is 0 Å². The van der Waals surface area contributed by atoms with E-state index in [1.165, 1.54) is 0 Å². The fourth-order valence-electron chi connectivity index (χ4n) is 4.32. The van der Waals surface area contributed by atoms with Crippen LogP contribution in [0.15, 0.2) is 73.2 Å². The fourth-order valence-corrected chi connectivity index (χ4v) is 4.32. The molecular weight excluding hydrogens is 492 g/mol. The highest BCUT2D eigenvalue weighted by molar-refractivity contribution is 6.11. The van der Waals surface area contributed by atoms with E-state index in [4.69, 9.17) is 10.5 Å². The van der Waals surface area contributed by atoms with Crippen molar-refractivity contribution >= 4 is 23.0 Å². The van der Waals surface area contributed by atoms with Crippen LogP contribution in [0.3, 0.4) is 0 Å². The highest BCUT2D eigenvalue weighted by atomic mass is 16.5. The molecule has 9 nitrogen and oxygen atoms in total. The predicted octanol–water partition coefficient (Wildman–Crippen LogP) is 4.93. The maximum atomic E-state index is 12.8. The molecule has 0 radical (unpaired) electrons. The van der Waals surface area contributed by atoms with E-state index in [0.29, 0.717) is 28.1 Å². The Labute approximate surface area is 224 Å². The van der Waals surface area contributed by atoms with Crippen molar-refractivity contribution in [2.24, 2.45) is 5.73 Å². The van der Waals surface area contributed by atoms with Gasteiger partial charge < -0.3 is 20.2 Å². The Morgan fingerprint density at radius 2 is 1.67 bits per heavy atom. The summed E-state index contributed by atoms with van der Waals surface area (Å²) >= 11 is 0. The maximum absolute atomic E-state index is 12.8. The Balaban J connectivity index is 1.63. The van der Waals surface area contributed by atoms with Crippen LogP contribution >= 0.6 is 0 Å². The Hall–Kier alpha value is -5.49. The molecule has 0 aliphatic rings. The third-order valence-electron chi connectivity index (χ3n) is 5.98. The summed E-state index contributed by atoms with van der Waals surface area (Å²) in [6.45, 7) is 5.34. The number of anilines is 1. The highest BCUT2D eigenvalue weighted by Crippen LogP contribution is 2.40. The van der Waals surface area contributed by atoms with Gasteiger partial charge in [-0.3, -0.25) is 14.6 Å². The van der Waals surface area contributed by atoms with E-state index >= 15 is 0 Å². The number of nitrogens with zero attached hydrogens (tertiary/aromatic N) is 4. The van der Waals surface area contributed by atoms with Gasteiger partial charge in [-0.25, -0.2) is 9.97 Å². The summed E-state index contributed by atoms with van der Waals surface area (Å²) < 4.78 is 7.72. The normalized spacial score (nSPS) is 10.5. The van der Waals surface area contributed by atoms with E-state index < -0.39 is 11.8 Å². The van der Waals surface area contributed by atoms with Gasteiger partial charge in [-0.05, 0) is 68.2 Å². The van der Waals surface area contributed by atoms with Crippen LogP contribution in [-0.2, 0) is 4.79 Å². The lowest BCUT2D eigenvalue weighted by Gasteiger charge is -2.11. The average Bonchev–Trinajstić information content (AvgIpc) is 3.24. The largest absolute Gasteiger partial charge is 0.424 e. The van der Waals surface area contributed by atoms with Crippen molar-refractivity contribution in [1.29, 1.82) is 0 Å². The second kappa shape index (κ2) is 10.5. The van der Waals surface area contributed by atoms with Gasteiger partial charge in [0.2, 0.25) is 0 Å². The zero-order valence-corrected chi connectivity index (χ0v) is 21.5. The van der Waals surface area contributed by atoms with Gasteiger partial charge in [0.05, 0.1) is 28.7 Å². The Bertz CT molecular complexity index is 1780. The van der Waals surface area contributed by atoms with Crippen molar-refractivity contribution in [1.82, 2.24) is 19.4 Å². The molecule has 3 N–H and O–H groups in total. The minimum atomic E-state index is -0.574. The van der Waals surface area contributed by atoms with Crippen molar-refractivity contribution in [3.05, 3.63) is 90.1 Å². The molecule has 0 saturated heterocycles. The number of ether oxygens (including phenoxy) is 1. The molecule has 2 amide bonds. The van der Waals surface area contributed by atoms with Crippen LogP contribution in [0.1, 0.15) is 28.7 Å². The summed E-state index contributed by atoms with van der Waals surface area (Å²) in [4.78, 5) is 37.5. The first kappa shape index (κ1) is 25.2. The van der Waals surface area contributed by atoms with E-state index in [2.05, 4.69) is 32.1 Å². The molecule has 9 heteroatoms. The van der Waals surface area contributed by atoms with Gasteiger partial charge in [-0.15, -0.1) is 0 Å². The van der Waals surface area contributed by atoms with E-state index in [-0.39, 0.29) is 6.01 Å². The number of nitrogens with two attached hydrogens (primary N) is 1. The van der Waals surface area contributed by atoms with Crippen molar-refractivity contribution in [2.45, 2.75) is 20.8 Å². The smallest absolute Gasteiger partial charge is 0.322 e. The van der Waals surface area contributed by atoms with Crippen LogP contribution in [-0.4, -0.2) is 31.2 Å². The first-order chi connectivity index (χ1) is 18.8. The Kier molecular flexibility index (Phi) is 6.76. The van der Waals surface area contributed by atoms with E-state index in [0.717, 1.165) is 28.2 Å². The minimum absolute atomic E-state index is 0.245. The van der Waals surface area contributed by atoms with Crippen molar-refractivity contribution in [3.63, 3.8) is 0 Å². The molecule has 0 spiro atoms. The van der Waals surface area contributed by atoms with Gasteiger partial charge in [0, 0.05) is 29.3 Å². The van der Waals surface area contributed by atoms with Crippen LogP contribution in [0.4, 0.5) is 5.69 Å². The number of aryl methyl sites for hydroxylation is 2. The third-order valence-corrected chi connectivity index (χ3v) is 5.98. The monoisotopic (exact) mass is 516 g/mol. The van der Waals surface area contributed by atoms with Crippen LogP contribution < -0.4 is 15.8 Å². The van der Waals surface area contributed by atoms with Crippen LogP contribution in [0.5, 0.6) is 11.8 Å². The molecule has 39 heavy (non-hydrogen) atoms. The summed E-state index contributed by atoms with van der Waals surface area (Å²) in [6.07, 6.45) is 5.14. The lowest BCUT2D eigenvalue weighted by atomic mass is 9.96. The molecular formula is C30H24N6O3. The molecule has 0 aliphatic carbocycles. The van der Waals surface area contributed by atoms with Crippen molar-refractivity contribution < 1.29 is 14.3 Å². The number of hydrogen-bond donors (Lipinski definition) is 2. The van der Waals surface area contributed by atoms with Gasteiger partial charge in [0.15, 0.2) is 0 Å². The number of amides is 2. The molecule has 0 fully saturated rings. The predicted molar refractivity (Wildman–Crippen MR) is 148 cm³/mol. The summed E-state index contributed by atoms with van der Waals surface area (Å²) in [7, 11) is 0. The summed E-state index contributed by atoms with van der Waals surface area (Å²) in [5.74, 6) is 4.61. The zero-order valence-electron chi connectivity index (χ0n) is 21.5. The number of carbonyl (C=O) groups excluding carboxylic acids is 2. The minimum Gasteiger partial charge on any atom is -0.424 e. The lowest BCUT2D eigenvalue weighted by Crippen LogP contribution is -2.12. The van der Waals surface area contributed by atoms with Gasteiger partial charge in [-0.2, -0.15) is 0 Å². The Morgan fingerprint density at radius 1 is 0.949 bits per heavy atom. The molecule has 3 heterocycles. The number of fused-ring (bicyclic) bond motifs is 1. The van der Waals surface area contributed by atoms with E-state index in [1.54, 1.807) is 49.6 Å². The number of aromatic nitrogens is 4. The summed E-state index contributed by atoms with van der Waals surface area (Å²) in [5.41, 5.74) is 12.0. The van der Waals surface area contributed by atoms with E-state index in [9.17, 15) is 9.59 Å². The summed E-state index contributed by atoms with van der Waals surface area (Å²) in [5, 5.41) is 2.74. The quantitative estimate of drug-likeness (QED) is 0.309. The van der Waals surface area contributed by atoms with E-state index in [1.807, 2.05) is 48.7 Å². The first-order valence-corrected chi connectivity index (χ1v) is 12.1. The fraction of sp³-hybridized carbons (Fsp3) is 0.100. The molecule has 0 bridgehead atoms. The average molecular weight is 517 g/mol. The number of benzene rings is 2. The molecule has 0 aliphatic heterocycles. The second-order valence-electron chi connectivity index (χ2n) is 8.76. The molecule has 5 rings (SSSR count). The molecule has 0 saturated carbocycles. The zero-order chi connectivity index (χ0) is 27.5. The molecule has 2 aromatic carbocycles. The van der Waals surface area contributed by atoms with Crippen LogP contribution in [0, 0.1) is 25.7 Å². The molecule has 192 valence electrons. The first-order valence-electron chi connectivity index (χ1n) is 12.1. The van der Waals surface area contributed by atoms with Gasteiger partial charge in [0.1, 0.15) is 5.75 Å². The molecule has 0 unspecified atom stereocenters. The SMILES string of the molecule is CC#CC(=O)Nc1ccc(-c2c(-c3ccc(Oc4nccc(C)n4)cc3)c(C(N)=O)c3cnc(C)cn23)cc1. The van der Waals surface area contributed by atoms with Crippen LogP contribution in [0.25, 0.3) is 27.9 Å². The number of hydrogen-bond acceptors (Lipinski definition) is 6. The van der Waals surface area contributed by atoms with Gasteiger partial charge in [0.25, 0.3) is 11.8 Å². The summed E-state index contributed by atoms with van der Waals surface area (Å²) in [6, 6.07) is 16.6. The maximum Gasteiger partial charge on any atom is 0.322 e. The topological polar surface area (TPSA) is 124 Å². The number of nitrogens with one attached hydrogen (secondary N) is 1. The molecule has 5 aromatic rings. The van der Waals surface area contributed by atoms with Gasteiger partial charge in [-0.1, -0.05) is 30.2 Å². The highest BCUT2D eigenvalue weighted by Gasteiger charge is 2.25. The standard InChI is InChI=1S/C30H24N6O3/c1-4-5-25(37)35-22-10-6-21(7-11-22)28-26(27(29(31)38)24-16-33-19(3)17-36(24)28)20-8-12-23(13-9-20)39-30-32-15-14-18(2)34-30/h6-17H,1-3H3,(H2,31,38)(H,35,37). The molecule has 3 aromatic heterocycles. The number of carbonyl (C=O) groups is 2. The number of rotatable bonds is 6. The lowest BCUT2D eigenvalue weighted by molar-refractivity contribution is -0.111. The van der Waals surface area contributed by atoms with Crippen molar-refractivity contribution in [2.75, 3.05) is 5.32 Å². The number of primary amides is 1.